The Morgan fingerprint density at radius 2 is 2.15 bits per heavy atom. The molecule has 1 aromatic carbocycles. The summed E-state index contributed by atoms with van der Waals surface area (Å²) in [6, 6.07) is 11.5. The normalized spacial score (nSPS) is 12.2. The molecule has 2 aromatic rings. The van der Waals surface area contributed by atoms with E-state index >= 15 is 0 Å². The lowest BCUT2D eigenvalue weighted by molar-refractivity contribution is 0.297. The van der Waals surface area contributed by atoms with Gasteiger partial charge in [0.2, 0.25) is 0 Å². The monoisotopic (exact) mass is 290 g/mol. The van der Waals surface area contributed by atoms with E-state index in [2.05, 4.69) is 11.9 Å². The van der Waals surface area contributed by atoms with Crippen LogP contribution >= 0.6 is 11.6 Å². The maximum Gasteiger partial charge on any atom is 0.130 e. The molecule has 20 heavy (non-hydrogen) atoms. The number of pyridine rings is 1. The highest BCUT2D eigenvalue weighted by Gasteiger charge is 2.09. The minimum atomic E-state index is 0.116. The zero-order valence-corrected chi connectivity index (χ0v) is 12.3. The molecule has 4 heteroatoms. The Hall–Kier alpha value is -1.58. The van der Waals surface area contributed by atoms with E-state index < -0.39 is 0 Å². The van der Waals surface area contributed by atoms with Gasteiger partial charge in [0.25, 0.3) is 0 Å². The maximum absolute atomic E-state index is 6.05. The highest BCUT2D eigenvalue weighted by molar-refractivity contribution is 6.30. The summed E-state index contributed by atoms with van der Waals surface area (Å²) in [5.41, 5.74) is 7.96. The van der Waals surface area contributed by atoms with Gasteiger partial charge >= 0.3 is 0 Å². The summed E-state index contributed by atoms with van der Waals surface area (Å²) in [5.74, 6) is 0.823. The molecule has 0 fully saturated rings. The molecule has 0 radical (unpaired) electrons. The standard InChI is InChI=1S/C16H19ClN2O/c1-2-14(18)10-12-9-13(17)6-7-16(12)20-11-15-5-3-4-8-19-15/h3-9,14H,2,10-11,18H2,1H3. The summed E-state index contributed by atoms with van der Waals surface area (Å²) in [7, 11) is 0. The molecule has 0 aliphatic carbocycles. The van der Waals surface area contributed by atoms with Gasteiger partial charge in [-0.25, -0.2) is 0 Å². The second kappa shape index (κ2) is 7.27. The van der Waals surface area contributed by atoms with E-state index in [4.69, 9.17) is 22.1 Å². The Labute approximate surface area is 124 Å². The van der Waals surface area contributed by atoms with Crippen LogP contribution in [0.3, 0.4) is 0 Å². The third kappa shape index (κ3) is 4.22. The Bertz CT molecular complexity index is 545. The minimum absolute atomic E-state index is 0.116. The highest BCUT2D eigenvalue weighted by Crippen LogP contribution is 2.25. The Balaban J connectivity index is 2.10. The van der Waals surface area contributed by atoms with E-state index in [0.29, 0.717) is 11.6 Å². The van der Waals surface area contributed by atoms with Gasteiger partial charge in [0.1, 0.15) is 12.4 Å². The molecule has 3 nitrogen and oxygen atoms in total. The molecule has 0 aliphatic rings. The number of benzene rings is 1. The molecular weight excluding hydrogens is 272 g/mol. The van der Waals surface area contributed by atoms with Crippen molar-refractivity contribution in [1.82, 2.24) is 4.98 Å². The van der Waals surface area contributed by atoms with E-state index in [1.165, 1.54) is 0 Å². The van der Waals surface area contributed by atoms with E-state index in [-0.39, 0.29) is 6.04 Å². The van der Waals surface area contributed by atoms with Crippen molar-refractivity contribution in [3.63, 3.8) is 0 Å². The first-order valence-corrected chi connectivity index (χ1v) is 7.13. The number of halogens is 1. The number of hydrogen-bond donors (Lipinski definition) is 1. The van der Waals surface area contributed by atoms with Crippen LogP contribution in [0.2, 0.25) is 5.02 Å². The smallest absolute Gasteiger partial charge is 0.130 e. The molecule has 2 rings (SSSR count). The molecular formula is C16H19ClN2O. The topological polar surface area (TPSA) is 48.1 Å². The third-order valence-electron chi connectivity index (χ3n) is 3.13. The zero-order valence-electron chi connectivity index (χ0n) is 11.6. The van der Waals surface area contributed by atoms with Gasteiger partial charge in [-0.1, -0.05) is 24.6 Å². The van der Waals surface area contributed by atoms with Crippen LogP contribution in [-0.2, 0) is 13.0 Å². The molecule has 0 amide bonds. The van der Waals surface area contributed by atoms with Crippen LogP contribution in [0.5, 0.6) is 5.75 Å². The molecule has 2 N–H and O–H groups in total. The van der Waals surface area contributed by atoms with E-state index in [0.717, 1.165) is 29.8 Å². The van der Waals surface area contributed by atoms with Crippen LogP contribution in [0, 0.1) is 0 Å². The summed E-state index contributed by atoms with van der Waals surface area (Å²) in [6.07, 6.45) is 3.44. The lowest BCUT2D eigenvalue weighted by Crippen LogP contribution is -2.21. The first-order chi connectivity index (χ1) is 9.69. The second-order valence-electron chi connectivity index (χ2n) is 4.73. The van der Waals surface area contributed by atoms with E-state index in [9.17, 15) is 0 Å². The lowest BCUT2D eigenvalue weighted by atomic mass is 10.0. The third-order valence-corrected chi connectivity index (χ3v) is 3.37. The first kappa shape index (κ1) is 14.8. The fourth-order valence-electron chi connectivity index (χ4n) is 1.91. The van der Waals surface area contributed by atoms with Crippen molar-refractivity contribution in [2.45, 2.75) is 32.4 Å². The van der Waals surface area contributed by atoms with Crippen molar-refractivity contribution in [2.24, 2.45) is 5.73 Å². The molecule has 0 saturated heterocycles. The van der Waals surface area contributed by atoms with Crippen LogP contribution in [0.25, 0.3) is 0 Å². The Morgan fingerprint density at radius 1 is 1.30 bits per heavy atom. The Kier molecular flexibility index (Phi) is 5.39. The second-order valence-corrected chi connectivity index (χ2v) is 5.17. The van der Waals surface area contributed by atoms with Crippen LogP contribution < -0.4 is 10.5 Å². The summed E-state index contributed by atoms with van der Waals surface area (Å²) in [6.45, 7) is 2.51. The van der Waals surface area contributed by atoms with Crippen molar-refractivity contribution in [3.8, 4) is 5.75 Å². The Morgan fingerprint density at radius 3 is 2.85 bits per heavy atom. The van der Waals surface area contributed by atoms with Gasteiger partial charge < -0.3 is 10.5 Å². The molecule has 0 bridgehead atoms. The predicted octanol–water partition coefficient (Wildman–Crippen LogP) is 3.59. The average Bonchev–Trinajstić information content (AvgIpc) is 2.47. The average molecular weight is 291 g/mol. The number of nitrogens with two attached hydrogens (primary N) is 1. The molecule has 1 unspecified atom stereocenters. The number of ether oxygens (including phenoxy) is 1. The van der Waals surface area contributed by atoms with Gasteiger partial charge in [-0.3, -0.25) is 4.98 Å². The SMILES string of the molecule is CCC(N)Cc1cc(Cl)ccc1OCc1ccccn1. The summed E-state index contributed by atoms with van der Waals surface area (Å²) >= 11 is 6.05. The molecule has 106 valence electrons. The van der Waals surface area contributed by atoms with Gasteiger partial charge in [0, 0.05) is 17.3 Å². The van der Waals surface area contributed by atoms with E-state index in [1.54, 1.807) is 6.20 Å². The van der Waals surface area contributed by atoms with Crippen molar-refractivity contribution in [1.29, 1.82) is 0 Å². The highest BCUT2D eigenvalue weighted by atomic mass is 35.5. The predicted molar refractivity (Wildman–Crippen MR) is 82.0 cm³/mol. The van der Waals surface area contributed by atoms with Gasteiger partial charge in [-0.15, -0.1) is 0 Å². The fraction of sp³-hybridized carbons (Fsp3) is 0.312. The van der Waals surface area contributed by atoms with Crippen LogP contribution in [0.15, 0.2) is 42.6 Å². The van der Waals surface area contributed by atoms with Crippen molar-refractivity contribution in [2.75, 3.05) is 0 Å². The quantitative estimate of drug-likeness (QED) is 0.884. The van der Waals surface area contributed by atoms with Crippen LogP contribution in [-0.4, -0.2) is 11.0 Å². The molecule has 1 atom stereocenters. The molecule has 0 aliphatic heterocycles. The summed E-state index contributed by atoms with van der Waals surface area (Å²) in [4.78, 5) is 4.24. The zero-order chi connectivity index (χ0) is 14.4. The minimum Gasteiger partial charge on any atom is -0.487 e. The lowest BCUT2D eigenvalue weighted by Gasteiger charge is -2.14. The van der Waals surface area contributed by atoms with Gasteiger partial charge in [0.05, 0.1) is 5.69 Å². The maximum atomic E-state index is 6.05. The largest absolute Gasteiger partial charge is 0.487 e. The van der Waals surface area contributed by atoms with Crippen molar-refractivity contribution >= 4 is 11.6 Å². The van der Waals surface area contributed by atoms with Gasteiger partial charge in [-0.2, -0.15) is 0 Å². The number of nitrogens with zero attached hydrogens (tertiary/aromatic N) is 1. The van der Waals surface area contributed by atoms with Gasteiger partial charge in [-0.05, 0) is 48.7 Å². The first-order valence-electron chi connectivity index (χ1n) is 6.75. The van der Waals surface area contributed by atoms with Gasteiger partial charge in [0.15, 0.2) is 0 Å². The number of aromatic nitrogens is 1. The van der Waals surface area contributed by atoms with Crippen LogP contribution in [0.1, 0.15) is 24.6 Å². The number of rotatable bonds is 6. The summed E-state index contributed by atoms with van der Waals surface area (Å²) < 4.78 is 5.85. The fourth-order valence-corrected chi connectivity index (χ4v) is 2.11. The van der Waals surface area contributed by atoms with E-state index in [1.807, 2.05) is 36.4 Å². The molecule has 1 aromatic heterocycles. The van der Waals surface area contributed by atoms with Crippen molar-refractivity contribution < 1.29 is 4.74 Å². The number of hydrogen-bond acceptors (Lipinski definition) is 3. The van der Waals surface area contributed by atoms with Crippen molar-refractivity contribution in [3.05, 3.63) is 58.9 Å². The van der Waals surface area contributed by atoms with Crippen LogP contribution in [0.4, 0.5) is 0 Å². The molecule has 1 heterocycles. The summed E-state index contributed by atoms with van der Waals surface area (Å²) in [5, 5.41) is 0.702. The molecule has 0 saturated carbocycles. The molecule has 0 spiro atoms.